The standard InChI is InChI=1S/C22H22F3N7/c23-22(24,25)18-12-6-5-9-16(18)15-26-31-20-28-19(27-17-10-3-1-4-11-17)29-21(30-20)32-13-7-2-8-14-32/h1,3-6,9-12,15H,2,7-8,13-14H2,(H2,27,28,29,30,31)/b26-15+. The fourth-order valence-electron chi connectivity index (χ4n) is 3.38. The number of piperidine rings is 1. The van der Waals surface area contributed by atoms with Crippen LogP contribution in [0.1, 0.15) is 30.4 Å². The fourth-order valence-corrected chi connectivity index (χ4v) is 3.38. The van der Waals surface area contributed by atoms with E-state index in [4.69, 9.17) is 0 Å². The Morgan fingerprint density at radius 3 is 2.28 bits per heavy atom. The van der Waals surface area contributed by atoms with Crippen molar-refractivity contribution in [2.75, 3.05) is 28.7 Å². The molecule has 1 aromatic heterocycles. The van der Waals surface area contributed by atoms with Crippen LogP contribution in [0.3, 0.4) is 0 Å². The molecule has 2 aromatic carbocycles. The molecule has 2 heterocycles. The summed E-state index contributed by atoms with van der Waals surface area (Å²) in [6, 6.07) is 14.7. The highest BCUT2D eigenvalue weighted by Crippen LogP contribution is 2.31. The number of para-hydroxylation sites is 1. The second-order valence-corrected chi connectivity index (χ2v) is 7.28. The van der Waals surface area contributed by atoms with Gasteiger partial charge < -0.3 is 10.2 Å². The molecule has 2 N–H and O–H groups in total. The van der Waals surface area contributed by atoms with Crippen molar-refractivity contribution in [3.8, 4) is 0 Å². The van der Waals surface area contributed by atoms with E-state index in [2.05, 4.69) is 35.7 Å². The van der Waals surface area contributed by atoms with E-state index in [1.807, 2.05) is 30.3 Å². The Morgan fingerprint density at radius 2 is 1.53 bits per heavy atom. The number of nitrogens with zero attached hydrogens (tertiary/aromatic N) is 5. The zero-order chi connectivity index (χ0) is 22.4. The van der Waals surface area contributed by atoms with Crippen LogP contribution in [0, 0.1) is 0 Å². The van der Waals surface area contributed by atoms with Gasteiger partial charge in [0.25, 0.3) is 0 Å². The quantitative estimate of drug-likeness (QED) is 0.411. The first kappa shape index (κ1) is 21.5. The number of hydrazone groups is 1. The summed E-state index contributed by atoms with van der Waals surface area (Å²) in [7, 11) is 0. The predicted octanol–water partition coefficient (Wildman–Crippen LogP) is 5.07. The number of alkyl halides is 3. The van der Waals surface area contributed by atoms with E-state index >= 15 is 0 Å². The fraction of sp³-hybridized carbons (Fsp3) is 0.273. The monoisotopic (exact) mass is 441 g/mol. The number of hydrogen-bond donors (Lipinski definition) is 2. The van der Waals surface area contributed by atoms with Crippen molar-refractivity contribution < 1.29 is 13.2 Å². The van der Waals surface area contributed by atoms with Crippen molar-refractivity contribution in [3.63, 3.8) is 0 Å². The molecule has 0 aliphatic carbocycles. The number of anilines is 4. The van der Waals surface area contributed by atoms with Gasteiger partial charge >= 0.3 is 6.18 Å². The lowest BCUT2D eigenvalue weighted by Gasteiger charge is -2.26. The lowest BCUT2D eigenvalue weighted by Crippen LogP contribution is -2.31. The first-order valence-electron chi connectivity index (χ1n) is 10.3. The Hall–Kier alpha value is -3.69. The number of nitrogens with one attached hydrogen (secondary N) is 2. The molecule has 3 aromatic rings. The summed E-state index contributed by atoms with van der Waals surface area (Å²) in [5.74, 6) is 0.950. The molecule has 1 saturated heterocycles. The third-order valence-electron chi connectivity index (χ3n) is 4.93. The number of hydrogen-bond acceptors (Lipinski definition) is 7. The summed E-state index contributed by atoms with van der Waals surface area (Å²) >= 11 is 0. The van der Waals surface area contributed by atoms with Crippen molar-refractivity contribution in [1.82, 2.24) is 15.0 Å². The Bertz CT molecular complexity index is 1060. The minimum Gasteiger partial charge on any atom is -0.341 e. The summed E-state index contributed by atoms with van der Waals surface area (Å²) in [6.07, 6.45) is -0.114. The van der Waals surface area contributed by atoms with Gasteiger partial charge in [-0.25, -0.2) is 5.43 Å². The van der Waals surface area contributed by atoms with E-state index in [1.54, 1.807) is 0 Å². The summed E-state index contributed by atoms with van der Waals surface area (Å²) in [6.45, 7) is 1.66. The van der Waals surface area contributed by atoms with Crippen LogP contribution in [0.25, 0.3) is 0 Å². The smallest absolute Gasteiger partial charge is 0.341 e. The molecule has 1 aliphatic rings. The van der Waals surface area contributed by atoms with Crippen LogP contribution in [0.5, 0.6) is 0 Å². The SMILES string of the molecule is FC(F)(F)c1ccccc1/C=N/Nc1nc(Nc2ccccc2)nc(N2CCCCC2)n1. The Balaban J connectivity index is 1.58. The van der Waals surface area contributed by atoms with Crippen molar-refractivity contribution in [1.29, 1.82) is 0 Å². The Kier molecular flexibility index (Phi) is 6.48. The van der Waals surface area contributed by atoms with E-state index in [0.29, 0.717) is 11.9 Å². The topological polar surface area (TPSA) is 78.3 Å². The number of aromatic nitrogens is 3. The molecular formula is C22H22F3N7. The van der Waals surface area contributed by atoms with Gasteiger partial charge in [-0.2, -0.15) is 33.2 Å². The normalized spacial score (nSPS) is 14.5. The van der Waals surface area contributed by atoms with Gasteiger partial charge in [0.1, 0.15) is 0 Å². The average Bonchev–Trinajstić information content (AvgIpc) is 2.80. The maximum absolute atomic E-state index is 13.2. The maximum atomic E-state index is 13.2. The van der Waals surface area contributed by atoms with E-state index in [9.17, 15) is 13.2 Å². The summed E-state index contributed by atoms with van der Waals surface area (Å²) in [5, 5.41) is 7.08. The van der Waals surface area contributed by atoms with Crippen molar-refractivity contribution in [2.45, 2.75) is 25.4 Å². The van der Waals surface area contributed by atoms with Crippen molar-refractivity contribution >= 4 is 29.7 Å². The number of rotatable bonds is 6. The molecule has 166 valence electrons. The lowest BCUT2D eigenvalue weighted by atomic mass is 10.1. The van der Waals surface area contributed by atoms with Gasteiger partial charge in [-0.3, -0.25) is 0 Å². The number of benzene rings is 2. The first-order valence-corrected chi connectivity index (χ1v) is 10.3. The minimum atomic E-state index is -4.47. The van der Waals surface area contributed by atoms with Crippen LogP contribution in [-0.4, -0.2) is 34.3 Å². The second-order valence-electron chi connectivity index (χ2n) is 7.28. The third kappa shape index (κ3) is 5.51. The van der Waals surface area contributed by atoms with E-state index in [-0.39, 0.29) is 11.5 Å². The molecule has 7 nitrogen and oxygen atoms in total. The van der Waals surface area contributed by atoms with Crippen LogP contribution in [0.2, 0.25) is 0 Å². The first-order chi connectivity index (χ1) is 15.5. The van der Waals surface area contributed by atoms with E-state index < -0.39 is 11.7 Å². The third-order valence-corrected chi connectivity index (χ3v) is 4.93. The molecule has 0 saturated carbocycles. The van der Waals surface area contributed by atoms with Gasteiger partial charge in [-0.05, 0) is 37.5 Å². The van der Waals surface area contributed by atoms with E-state index in [0.717, 1.165) is 50.3 Å². The van der Waals surface area contributed by atoms with Gasteiger partial charge in [0.2, 0.25) is 17.8 Å². The van der Waals surface area contributed by atoms with Crippen molar-refractivity contribution in [2.24, 2.45) is 5.10 Å². The number of halogens is 3. The summed E-state index contributed by atoms with van der Waals surface area (Å²) in [5.41, 5.74) is 2.64. The molecule has 1 aliphatic heterocycles. The van der Waals surface area contributed by atoms with Crippen LogP contribution in [0.15, 0.2) is 59.7 Å². The zero-order valence-electron chi connectivity index (χ0n) is 17.2. The van der Waals surface area contributed by atoms with Crippen LogP contribution in [-0.2, 0) is 6.18 Å². The van der Waals surface area contributed by atoms with Gasteiger partial charge in [-0.1, -0.05) is 36.4 Å². The lowest BCUT2D eigenvalue weighted by molar-refractivity contribution is -0.137. The Morgan fingerprint density at radius 1 is 0.844 bits per heavy atom. The van der Waals surface area contributed by atoms with Crippen LogP contribution >= 0.6 is 0 Å². The molecule has 0 atom stereocenters. The van der Waals surface area contributed by atoms with Crippen LogP contribution < -0.4 is 15.6 Å². The molecule has 0 unspecified atom stereocenters. The molecule has 4 rings (SSSR count). The highest BCUT2D eigenvalue weighted by atomic mass is 19.4. The molecule has 32 heavy (non-hydrogen) atoms. The highest BCUT2D eigenvalue weighted by Gasteiger charge is 2.32. The Labute approximate surface area is 183 Å². The van der Waals surface area contributed by atoms with Gasteiger partial charge in [0.05, 0.1) is 11.8 Å². The van der Waals surface area contributed by atoms with Crippen LogP contribution in [0.4, 0.5) is 36.7 Å². The van der Waals surface area contributed by atoms with E-state index in [1.165, 1.54) is 18.2 Å². The molecular weight excluding hydrogens is 419 g/mol. The minimum absolute atomic E-state index is 0.0551. The zero-order valence-corrected chi connectivity index (χ0v) is 17.2. The molecule has 1 fully saturated rings. The van der Waals surface area contributed by atoms with Gasteiger partial charge in [-0.15, -0.1) is 0 Å². The predicted molar refractivity (Wildman–Crippen MR) is 118 cm³/mol. The molecule has 0 bridgehead atoms. The maximum Gasteiger partial charge on any atom is 0.417 e. The highest BCUT2D eigenvalue weighted by molar-refractivity contribution is 5.82. The summed E-state index contributed by atoms with van der Waals surface area (Å²) in [4.78, 5) is 15.3. The molecule has 0 spiro atoms. The van der Waals surface area contributed by atoms with Gasteiger partial charge in [0, 0.05) is 24.3 Å². The molecule has 10 heteroatoms. The van der Waals surface area contributed by atoms with Gasteiger partial charge in [0.15, 0.2) is 0 Å². The molecule has 0 amide bonds. The second kappa shape index (κ2) is 9.63. The molecule has 0 radical (unpaired) electrons. The van der Waals surface area contributed by atoms with Crippen molar-refractivity contribution in [3.05, 3.63) is 65.7 Å². The average molecular weight is 441 g/mol. The summed E-state index contributed by atoms with van der Waals surface area (Å²) < 4.78 is 39.6. The largest absolute Gasteiger partial charge is 0.417 e.